The van der Waals surface area contributed by atoms with Crippen molar-refractivity contribution in [3.05, 3.63) is 23.9 Å². The normalized spacial score (nSPS) is 31.2. The van der Waals surface area contributed by atoms with Crippen LogP contribution in [0.25, 0.3) is 11.0 Å². The van der Waals surface area contributed by atoms with Crippen LogP contribution >= 0.6 is 0 Å². The molecule has 12 heteroatoms. The van der Waals surface area contributed by atoms with E-state index in [2.05, 4.69) is 9.97 Å². The molecule has 10 nitrogen and oxygen atoms in total. The molecule has 0 radical (unpaired) electrons. The predicted molar refractivity (Wildman–Crippen MR) is 155 cm³/mol. The second kappa shape index (κ2) is 11.8. The minimum absolute atomic E-state index is 0.0292. The fraction of sp³-hybridized carbons (Fsp3) is 0.656. The Hall–Kier alpha value is -3.41. The predicted octanol–water partition coefficient (Wildman–Crippen LogP) is 4.71. The molecule has 5 rings (SSSR count). The lowest BCUT2D eigenvalue weighted by atomic mass is 9.77. The SMILES string of the molecule is CC[C@@H]1[C@@H]2CN(C(=O)[C@H](C(C)(C)C)CC(=O)O[C@]3(C)C[C@H]3CCOCC(F)(F)c3nc4ccc(OC)cc4nc3O2)[C@@H]1C=O. The van der Waals surface area contributed by atoms with Gasteiger partial charge in [0.2, 0.25) is 11.8 Å². The number of esters is 1. The van der Waals surface area contributed by atoms with Gasteiger partial charge in [-0.05, 0) is 43.7 Å². The third kappa shape index (κ3) is 6.23. The molecule has 1 aromatic heterocycles. The summed E-state index contributed by atoms with van der Waals surface area (Å²) in [5.74, 6) is -5.76. The van der Waals surface area contributed by atoms with Crippen LogP contribution in [0.3, 0.4) is 0 Å². The van der Waals surface area contributed by atoms with Crippen molar-refractivity contribution < 1.29 is 42.1 Å². The van der Waals surface area contributed by atoms with Crippen LogP contribution in [0.5, 0.6) is 11.6 Å². The fourth-order valence-electron chi connectivity index (χ4n) is 6.44. The number of benzene rings is 1. The number of fused-ring (bicyclic) bond motifs is 5. The summed E-state index contributed by atoms with van der Waals surface area (Å²) in [6, 6.07) is 3.83. The Bertz CT molecular complexity index is 1430. The number of hydrogen-bond donors (Lipinski definition) is 0. The average Bonchev–Trinajstić information content (AvgIpc) is 3.45. The highest BCUT2D eigenvalue weighted by atomic mass is 19.3. The Morgan fingerprint density at radius 1 is 1.18 bits per heavy atom. The Labute approximate surface area is 255 Å². The van der Waals surface area contributed by atoms with Gasteiger partial charge in [-0.2, -0.15) is 8.78 Å². The van der Waals surface area contributed by atoms with Gasteiger partial charge in [0, 0.05) is 24.5 Å². The summed E-state index contributed by atoms with van der Waals surface area (Å²) in [4.78, 5) is 49.8. The Morgan fingerprint density at radius 3 is 2.59 bits per heavy atom. The molecule has 3 heterocycles. The number of aldehydes is 1. The summed E-state index contributed by atoms with van der Waals surface area (Å²) in [5.41, 5.74) is -1.56. The van der Waals surface area contributed by atoms with Gasteiger partial charge in [0.15, 0.2) is 5.69 Å². The maximum absolute atomic E-state index is 15.8. The number of carbonyl (C=O) groups excluding carboxylic acids is 3. The topological polar surface area (TPSA) is 117 Å². The lowest BCUT2D eigenvalue weighted by Gasteiger charge is -2.34. The van der Waals surface area contributed by atoms with Crippen LogP contribution in [0.15, 0.2) is 18.2 Å². The highest BCUT2D eigenvalue weighted by Gasteiger charge is 2.54. The zero-order chi connectivity index (χ0) is 32.0. The van der Waals surface area contributed by atoms with Gasteiger partial charge in [0.25, 0.3) is 0 Å². The number of nitrogens with zero attached hydrogens (tertiary/aromatic N) is 3. The van der Waals surface area contributed by atoms with E-state index in [0.717, 1.165) is 0 Å². The molecule has 2 bridgehead atoms. The van der Waals surface area contributed by atoms with Crippen molar-refractivity contribution >= 4 is 29.2 Å². The molecule has 1 aliphatic carbocycles. The first-order valence-corrected chi connectivity index (χ1v) is 15.2. The van der Waals surface area contributed by atoms with Crippen LogP contribution in [0.1, 0.15) is 66.0 Å². The molecule has 3 aliphatic rings. The van der Waals surface area contributed by atoms with Gasteiger partial charge < -0.3 is 28.6 Å². The number of amides is 1. The molecule has 240 valence electrons. The highest BCUT2D eigenvalue weighted by molar-refractivity contribution is 5.87. The second-order valence-electron chi connectivity index (χ2n) is 13.4. The van der Waals surface area contributed by atoms with Crippen molar-refractivity contribution in [3.8, 4) is 11.6 Å². The molecule has 6 atom stereocenters. The summed E-state index contributed by atoms with van der Waals surface area (Å²) in [6.45, 7) is 8.24. The van der Waals surface area contributed by atoms with Crippen molar-refractivity contribution in [2.75, 3.05) is 26.9 Å². The molecular weight excluding hydrogens is 576 g/mol. The zero-order valence-electron chi connectivity index (χ0n) is 26.1. The minimum Gasteiger partial charge on any atom is -0.497 e. The smallest absolute Gasteiger partial charge is 0.317 e. The van der Waals surface area contributed by atoms with Crippen molar-refractivity contribution in [1.82, 2.24) is 14.9 Å². The summed E-state index contributed by atoms with van der Waals surface area (Å²) in [5, 5.41) is 0. The van der Waals surface area contributed by atoms with Crippen LogP contribution in [0.4, 0.5) is 8.78 Å². The highest BCUT2D eigenvalue weighted by Crippen LogP contribution is 2.49. The molecule has 0 unspecified atom stereocenters. The van der Waals surface area contributed by atoms with Crippen LogP contribution in [0, 0.1) is 23.2 Å². The van der Waals surface area contributed by atoms with Gasteiger partial charge >= 0.3 is 11.9 Å². The van der Waals surface area contributed by atoms with Crippen LogP contribution in [0.2, 0.25) is 0 Å². The van der Waals surface area contributed by atoms with Crippen LogP contribution in [-0.4, -0.2) is 77.6 Å². The third-order valence-electron chi connectivity index (χ3n) is 9.31. The molecule has 1 amide bonds. The van der Waals surface area contributed by atoms with Gasteiger partial charge in [0.05, 0.1) is 43.1 Å². The van der Waals surface area contributed by atoms with E-state index in [-0.39, 0.29) is 42.4 Å². The van der Waals surface area contributed by atoms with E-state index in [9.17, 15) is 14.4 Å². The van der Waals surface area contributed by atoms with E-state index >= 15 is 8.78 Å². The largest absolute Gasteiger partial charge is 0.497 e. The van der Waals surface area contributed by atoms with E-state index in [1.165, 1.54) is 12.0 Å². The number of rotatable bonds is 3. The van der Waals surface area contributed by atoms with E-state index in [4.69, 9.17) is 18.9 Å². The molecule has 2 fully saturated rings. The second-order valence-corrected chi connectivity index (χ2v) is 13.4. The summed E-state index contributed by atoms with van der Waals surface area (Å²) < 4.78 is 54.4. The number of methoxy groups -OCH3 is 1. The van der Waals surface area contributed by atoms with Gasteiger partial charge in [0.1, 0.15) is 30.3 Å². The van der Waals surface area contributed by atoms with Crippen molar-refractivity contribution in [1.29, 1.82) is 0 Å². The van der Waals surface area contributed by atoms with E-state index in [0.29, 0.717) is 31.3 Å². The molecule has 1 aromatic carbocycles. The fourth-order valence-corrected chi connectivity index (χ4v) is 6.44. The third-order valence-corrected chi connectivity index (χ3v) is 9.31. The molecule has 1 saturated carbocycles. The lowest BCUT2D eigenvalue weighted by Crippen LogP contribution is -2.46. The van der Waals surface area contributed by atoms with Crippen LogP contribution < -0.4 is 9.47 Å². The first kappa shape index (κ1) is 32.0. The molecular formula is C32H41F2N3O7. The van der Waals surface area contributed by atoms with E-state index in [1.807, 2.05) is 27.7 Å². The van der Waals surface area contributed by atoms with Gasteiger partial charge in [-0.25, -0.2) is 9.97 Å². The number of halogens is 2. The maximum atomic E-state index is 15.8. The summed E-state index contributed by atoms with van der Waals surface area (Å²) in [6.07, 6.45) is 1.10. The van der Waals surface area contributed by atoms with E-state index in [1.54, 1.807) is 25.1 Å². The zero-order valence-corrected chi connectivity index (χ0v) is 26.1. The number of ether oxygens (including phenoxy) is 4. The van der Waals surface area contributed by atoms with Crippen molar-refractivity contribution in [2.45, 2.75) is 84.0 Å². The van der Waals surface area contributed by atoms with Crippen LogP contribution in [-0.2, 0) is 29.8 Å². The molecule has 2 aliphatic heterocycles. The van der Waals surface area contributed by atoms with Crippen molar-refractivity contribution in [2.24, 2.45) is 23.2 Å². The molecule has 1 saturated heterocycles. The standard InChI is InChI=1S/C32H41F2N3O7/c1-7-20-24(16-38)37-15-25(20)43-28-27(35-22-9-8-19(41-6)12-23(22)36-28)32(33,34)17-42-11-10-18-14-31(18,5)44-26(39)13-21(29(37)40)30(2,3)4/h8-9,12,16,18,20-21,24-25H,7,10-11,13-15,17H2,1-6H3/t18-,20+,21-,24-,25+,31-/m1/s1. The Morgan fingerprint density at radius 2 is 1.93 bits per heavy atom. The Balaban J connectivity index is 1.58. The quantitative estimate of drug-likeness (QED) is 0.357. The number of hydrogen-bond acceptors (Lipinski definition) is 9. The maximum Gasteiger partial charge on any atom is 0.317 e. The number of aromatic nitrogens is 2. The number of alkyl halides is 2. The first-order valence-electron chi connectivity index (χ1n) is 15.2. The molecule has 44 heavy (non-hydrogen) atoms. The minimum atomic E-state index is -3.57. The van der Waals surface area contributed by atoms with E-state index < -0.39 is 65.1 Å². The average molecular weight is 618 g/mol. The lowest BCUT2D eigenvalue weighted by molar-refractivity contribution is -0.158. The van der Waals surface area contributed by atoms with Gasteiger partial charge in [-0.1, -0.05) is 27.7 Å². The van der Waals surface area contributed by atoms with Gasteiger partial charge in [-0.15, -0.1) is 0 Å². The summed E-state index contributed by atoms with van der Waals surface area (Å²) >= 11 is 0. The number of carbonyl (C=O) groups is 3. The van der Waals surface area contributed by atoms with Gasteiger partial charge in [-0.3, -0.25) is 9.59 Å². The molecule has 0 N–H and O–H groups in total. The van der Waals surface area contributed by atoms with Crippen molar-refractivity contribution in [3.63, 3.8) is 0 Å². The molecule has 2 aromatic rings. The monoisotopic (exact) mass is 617 g/mol. The Kier molecular flexibility index (Phi) is 8.60. The first-order chi connectivity index (χ1) is 20.7. The summed E-state index contributed by atoms with van der Waals surface area (Å²) in [7, 11) is 1.48. The molecule has 0 spiro atoms.